The van der Waals surface area contributed by atoms with Crippen LogP contribution < -0.4 is 4.90 Å². The fourth-order valence-electron chi connectivity index (χ4n) is 2.65. The third-order valence-electron chi connectivity index (χ3n) is 3.81. The van der Waals surface area contributed by atoms with E-state index in [1.807, 2.05) is 0 Å². The Balaban J connectivity index is 2.51. The molecule has 0 aromatic heterocycles. The first-order valence-corrected chi connectivity index (χ1v) is 9.07. The zero-order valence-electron chi connectivity index (χ0n) is 13.6. The van der Waals surface area contributed by atoms with Gasteiger partial charge in [-0.15, -0.1) is 13.2 Å². The largest absolute Gasteiger partial charge is 0.306 e. The number of anilines is 1. The molecular formula is C16H19N3O5S. The van der Waals surface area contributed by atoms with Gasteiger partial charge in [-0.3, -0.25) is 14.9 Å². The molecule has 1 fully saturated rings. The highest BCUT2D eigenvalue weighted by atomic mass is 32.2. The molecule has 1 amide bonds. The molecule has 1 heterocycles. The van der Waals surface area contributed by atoms with E-state index in [0.717, 1.165) is 10.4 Å². The second-order valence-corrected chi connectivity index (χ2v) is 7.39. The molecule has 1 aliphatic heterocycles. The molecule has 25 heavy (non-hydrogen) atoms. The number of nitro benzene ring substituents is 1. The number of nitro groups is 1. The van der Waals surface area contributed by atoms with Gasteiger partial charge in [-0.2, -0.15) is 4.31 Å². The maximum atomic E-state index is 12.7. The van der Waals surface area contributed by atoms with Crippen LogP contribution in [0.5, 0.6) is 0 Å². The van der Waals surface area contributed by atoms with Crippen LogP contribution in [-0.4, -0.2) is 43.2 Å². The Kier molecular flexibility index (Phi) is 5.70. The summed E-state index contributed by atoms with van der Waals surface area (Å²) in [5, 5.41) is 11.4. The van der Waals surface area contributed by atoms with Gasteiger partial charge < -0.3 is 4.90 Å². The van der Waals surface area contributed by atoms with Crippen LogP contribution in [0.1, 0.15) is 12.8 Å². The number of carbonyl (C=O) groups excluding carboxylic acids is 1. The Hall–Kier alpha value is -2.52. The molecule has 1 aliphatic rings. The number of amides is 1. The lowest BCUT2D eigenvalue weighted by Crippen LogP contribution is -2.31. The summed E-state index contributed by atoms with van der Waals surface area (Å²) < 4.78 is 26.5. The van der Waals surface area contributed by atoms with Crippen molar-refractivity contribution in [2.75, 3.05) is 24.5 Å². The van der Waals surface area contributed by atoms with E-state index in [0.29, 0.717) is 19.4 Å². The van der Waals surface area contributed by atoms with Crippen molar-refractivity contribution in [1.29, 1.82) is 0 Å². The minimum atomic E-state index is -3.95. The molecular weight excluding hydrogens is 346 g/mol. The summed E-state index contributed by atoms with van der Waals surface area (Å²) in [5.41, 5.74) is -0.293. The lowest BCUT2D eigenvalue weighted by molar-refractivity contribution is -0.384. The maximum absolute atomic E-state index is 12.7. The van der Waals surface area contributed by atoms with Gasteiger partial charge in [0.25, 0.3) is 5.69 Å². The molecule has 0 spiro atoms. The Morgan fingerprint density at radius 2 is 1.92 bits per heavy atom. The van der Waals surface area contributed by atoms with Crippen LogP contribution in [0, 0.1) is 10.1 Å². The summed E-state index contributed by atoms with van der Waals surface area (Å²) >= 11 is 0. The first kappa shape index (κ1) is 18.8. The normalized spacial score (nSPS) is 14.8. The van der Waals surface area contributed by atoms with Gasteiger partial charge in [0.05, 0.1) is 9.82 Å². The SMILES string of the molecule is C=CCN(CC=C)S(=O)(=O)c1ccc(N2CCCC2=O)c([N+](=O)[O-])c1. The smallest absolute Gasteiger partial charge is 0.294 e. The second-order valence-electron chi connectivity index (χ2n) is 5.46. The lowest BCUT2D eigenvalue weighted by Gasteiger charge is -2.20. The zero-order chi connectivity index (χ0) is 18.6. The molecule has 0 N–H and O–H groups in total. The maximum Gasteiger partial charge on any atom is 0.294 e. The molecule has 0 radical (unpaired) electrons. The van der Waals surface area contributed by atoms with Gasteiger partial charge in [0.15, 0.2) is 0 Å². The van der Waals surface area contributed by atoms with Gasteiger partial charge in [-0.25, -0.2) is 8.42 Å². The Morgan fingerprint density at radius 3 is 2.40 bits per heavy atom. The average Bonchev–Trinajstić information content (AvgIpc) is 2.99. The summed E-state index contributed by atoms with van der Waals surface area (Å²) in [4.78, 5) is 23.7. The molecule has 2 rings (SSSR count). The predicted molar refractivity (Wildman–Crippen MR) is 93.8 cm³/mol. The van der Waals surface area contributed by atoms with E-state index in [2.05, 4.69) is 13.2 Å². The Morgan fingerprint density at radius 1 is 1.28 bits per heavy atom. The summed E-state index contributed by atoms with van der Waals surface area (Å²) in [5.74, 6) is -0.210. The Bertz CT molecular complexity index is 809. The highest BCUT2D eigenvalue weighted by Crippen LogP contribution is 2.34. The molecule has 134 valence electrons. The molecule has 0 bridgehead atoms. The molecule has 0 saturated carbocycles. The molecule has 0 atom stereocenters. The molecule has 8 nitrogen and oxygen atoms in total. The number of benzene rings is 1. The zero-order valence-corrected chi connectivity index (χ0v) is 14.4. The van der Waals surface area contributed by atoms with Gasteiger partial charge in [0.2, 0.25) is 15.9 Å². The number of rotatable bonds is 8. The van der Waals surface area contributed by atoms with E-state index in [-0.39, 0.29) is 29.6 Å². The number of nitrogens with zero attached hydrogens (tertiary/aromatic N) is 3. The number of hydrogen-bond donors (Lipinski definition) is 0. The van der Waals surface area contributed by atoms with Crippen LogP contribution in [0.4, 0.5) is 11.4 Å². The van der Waals surface area contributed by atoms with Crippen molar-refractivity contribution in [2.24, 2.45) is 0 Å². The van der Waals surface area contributed by atoms with E-state index in [9.17, 15) is 23.3 Å². The quantitative estimate of drug-likeness (QED) is 0.399. The highest BCUT2D eigenvalue weighted by molar-refractivity contribution is 7.89. The highest BCUT2D eigenvalue weighted by Gasteiger charge is 2.31. The van der Waals surface area contributed by atoms with Crippen LogP contribution in [-0.2, 0) is 14.8 Å². The van der Waals surface area contributed by atoms with Crippen LogP contribution >= 0.6 is 0 Å². The molecule has 9 heteroatoms. The molecule has 1 saturated heterocycles. The average molecular weight is 365 g/mol. The van der Waals surface area contributed by atoms with Crippen molar-refractivity contribution in [3.8, 4) is 0 Å². The van der Waals surface area contributed by atoms with E-state index in [1.165, 1.54) is 29.2 Å². The Labute approximate surface area is 146 Å². The first-order chi connectivity index (χ1) is 11.8. The van der Waals surface area contributed by atoms with Crippen molar-refractivity contribution in [2.45, 2.75) is 17.7 Å². The minimum absolute atomic E-state index is 0.0501. The topological polar surface area (TPSA) is 101 Å². The van der Waals surface area contributed by atoms with Gasteiger partial charge in [-0.05, 0) is 18.6 Å². The summed E-state index contributed by atoms with van der Waals surface area (Å²) in [6.45, 7) is 7.52. The molecule has 0 unspecified atom stereocenters. The lowest BCUT2D eigenvalue weighted by atomic mass is 10.2. The van der Waals surface area contributed by atoms with Crippen molar-refractivity contribution >= 4 is 27.3 Å². The first-order valence-electron chi connectivity index (χ1n) is 7.63. The number of sulfonamides is 1. The van der Waals surface area contributed by atoms with Crippen LogP contribution in [0.15, 0.2) is 48.4 Å². The van der Waals surface area contributed by atoms with Crippen molar-refractivity contribution in [3.05, 3.63) is 53.6 Å². The van der Waals surface area contributed by atoms with E-state index < -0.39 is 20.6 Å². The van der Waals surface area contributed by atoms with Gasteiger partial charge >= 0.3 is 0 Å². The van der Waals surface area contributed by atoms with Crippen LogP contribution in [0.25, 0.3) is 0 Å². The van der Waals surface area contributed by atoms with Gasteiger partial charge in [0.1, 0.15) is 5.69 Å². The molecule has 1 aromatic carbocycles. The van der Waals surface area contributed by atoms with Crippen molar-refractivity contribution in [1.82, 2.24) is 4.31 Å². The van der Waals surface area contributed by atoms with Crippen LogP contribution in [0.3, 0.4) is 0 Å². The predicted octanol–water partition coefficient (Wildman–Crippen LogP) is 2.08. The van der Waals surface area contributed by atoms with E-state index >= 15 is 0 Å². The fourth-order valence-corrected chi connectivity index (χ4v) is 4.05. The number of carbonyl (C=O) groups is 1. The summed E-state index contributed by atoms with van der Waals surface area (Å²) in [7, 11) is -3.95. The van der Waals surface area contributed by atoms with E-state index in [4.69, 9.17) is 0 Å². The minimum Gasteiger partial charge on any atom is -0.306 e. The van der Waals surface area contributed by atoms with Crippen molar-refractivity contribution < 1.29 is 18.1 Å². The number of hydrogen-bond acceptors (Lipinski definition) is 5. The standard InChI is InChI=1S/C16H19N3O5S/c1-3-9-17(10-4-2)25(23,24)13-7-8-14(15(12-13)19(21)22)18-11-5-6-16(18)20/h3-4,7-8,12H,1-2,5-6,9-11H2. The third kappa shape index (κ3) is 3.77. The summed E-state index contributed by atoms with van der Waals surface area (Å²) in [6, 6.07) is 3.59. The van der Waals surface area contributed by atoms with Crippen LogP contribution in [0.2, 0.25) is 0 Å². The summed E-state index contributed by atoms with van der Waals surface area (Å²) in [6.07, 6.45) is 3.78. The fraction of sp³-hybridized carbons (Fsp3) is 0.312. The van der Waals surface area contributed by atoms with Crippen molar-refractivity contribution in [3.63, 3.8) is 0 Å². The van der Waals surface area contributed by atoms with Gasteiger partial charge in [-0.1, -0.05) is 12.2 Å². The third-order valence-corrected chi connectivity index (χ3v) is 5.64. The van der Waals surface area contributed by atoms with Gasteiger partial charge in [0, 0.05) is 32.1 Å². The monoisotopic (exact) mass is 365 g/mol. The van der Waals surface area contributed by atoms with E-state index in [1.54, 1.807) is 0 Å². The second kappa shape index (κ2) is 7.58. The molecule has 1 aromatic rings. The molecule has 0 aliphatic carbocycles.